The summed E-state index contributed by atoms with van der Waals surface area (Å²) >= 11 is 0. The Morgan fingerprint density at radius 2 is 1.91 bits per heavy atom. The maximum absolute atomic E-state index is 12.5. The minimum absolute atomic E-state index is 0.00333. The highest BCUT2D eigenvalue weighted by Gasteiger charge is 2.45. The number of unbranched alkanes of at least 4 members (excludes halogenated alkanes) is 2. The molecule has 2 rings (SSSR count). The van der Waals surface area contributed by atoms with Gasteiger partial charge in [0, 0.05) is 33.1 Å². The molecule has 2 aliphatic heterocycles. The average molecular weight is 463 g/mol. The molecule has 7 atom stereocenters. The zero-order valence-electron chi connectivity index (χ0n) is 18.9. The van der Waals surface area contributed by atoms with E-state index in [1.165, 1.54) is 6.92 Å². The van der Waals surface area contributed by atoms with E-state index in [0.29, 0.717) is 51.9 Å². The van der Waals surface area contributed by atoms with E-state index >= 15 is 0 Å². The number of hydrogen-bond acceptors (Lipinski definition) is 9. The topological polar surface area (TPSA) is 158 Å². The molecule has 0 saturated carbocycles. The summed E-state index contributed by atoms with van der Waals surface area (Å²) in [6.45, 7) is 4.26. The smallest absolute Gasteiger partial charge is 0.222 e. The third-order valence-corrected chi connectivity index (χ3v) is 5.79. The van der Waals surface area contributed by atoms with Crippen LogP contribution < -0.4 is 5.32 Å². The molecule has 32 heavy (non-hydrogen) atoms. The summed E-state index contributed by atoms with van der Waals surface area (Å²) in [6, 6.07) is -1.05. The Hall–Kier alpha value is -1.34. The van der Waals surface area contributed by atoms with Gasteiger partial charge in [-0.3, -0.25) is 9.59 Å². The van der Waals surface area contributed by atoms with Gasteiger partial charge >= 0.3 is 0 Å². The van der Waals surface area contributed by atoms with Gasteiger partial charge in [-0.2, -0.15) is 0 Å². The molecule has 0 aromatic carbocycles. The van der Waals surface area contributed by atoms with Gasteiger partial charge in [-0.25, -0.2) is 0 Å². The van der Waals surface area contributed by atoms with Crippen LogP contribution >= 0.6 is 0 Å². The van der Waals surface area contributed by atoms with Crippen LogP contribution in [0.2, 0.25) is 0 Å². The largest absolute Gasteiger partial charge is 0.394 e. The Kier molecular flexibility index (Phi) is 11.3. The molecule has 5 unspecified atom stereocenters. The van der Waals surface area contributed by atoms with Crippen molar-refractivity contribution in [3.8, 4) is 0 Å². The van der Waals surface area contributed by atoms with E-state index in [-0.39, 0.29) is 18.6 Å². The number of carbonyl (C=O) groups is 2. The summed E-state index contributed by atoms with van der Waals surface area (Å²) in [4.78, 5) is 25.6. The Labute approximate surface area is 188 Å². The molecule has 0 spiro atoms. The Morgan fingerprint density at radius 1 is 1.16 bits per heavy atom. The number of aliphatic hydroxyl groups excluding tert-OH is 4. The first-order valence-electron chi connectivity index (χ1n) is 11.3. The van der Waals surface area contributed by atoms with Crippen molar-refractivity contribution in [1.29, 1.82) is 0 Å². The fraction of sp³-hybridized carbons (Fsp3) is 0.905. The highest BCUT2D eigenvalue weighted by Crippen LogP contribution is 2.23. The number of rotatable bonds is 12. The second-order valence-corrected chi connectivity index (χ2v) is 8.36. The first-order chi connectivity index (χ1) is 15.3. The Bertz CT molecular complexity index is 594. The molecule has 2 fully saturated rings. The number of carbonyl (C=O) groups excluding carboxylic acids is 2. The van der Waals surface area contributed by atoms with E-state index in [4.69, 9.17) is 14.2 Å². The van der Waals surface area contributed by atoms with Crippen LogP contribution in [-0.4, -0.2) is 113 Å². The Morgan fingerprint density at radius 3 is 2.56 bits per heavy atom. The van der Waals surface area contributed by atoms with Crippen LogP contribution in [0.15, 0.2) is 0 Å². The van der Waals surface area contributed by atoms with Gasteiger partial charge in [-0.15, -0.1) is 0 Å². The maximum Gasteiger partial charge on any atom is 0.222 e. The quantitative estimate of drug-likeness (QED) is 0.218. The molecule has 2 aliphatic rings. The molecular weight excluding hydrogens is 424 g/mol. The monoisotopic (exact) mass is 462 g/mol. The fourth-order valence-corrected chi connectivity index (χ4v) is 4.12. The van der Waals surface area contributed by atoms with E-state index in [2.05, 4.69) is 5.32 Å². The number of nitrogens with one attached hydrogen (secondary N) is 1. The molecule has 0 aromatic rings. The van der Waals surface area contributed by atoms with Gasteiger partial charge in [0.05, 0.1) is 25.4 Å². The van der Waals surface area contributed by atoms with Crippen molar-refractivity contribution in [2.45, 2.75) is 88.7 Å². The second kappa shape index (κ2) is 13.4. The molecule has 2 heterocycles. The minimum atomic E-state index is -1.35. The predicted octanol–water partition coefficient (Wildman–Crippen LogP) is -1.49. The van der Waals surface area contributed by atoms with E-state index in [9.17, 15) is 30.0 Å². The van der Waals surface area contributed by atoms with Crippen LogP contribution in [0.5, 0.6) is 0 Å². The van der Waals surface area contributed by atoms with Gasteiger partial charge in [0.2, 0.25) is 11.8 Å². The van der Waals surface area contributed by atoms with E-state index in [1.54, 1.807) is 4.90 Å². The van der Waals surface area contributed by atoms with Crippen molar-refractivity contribution in [2.75, 3.05) is 33.0 Å². The SMILES string of the molecule is CCOC[C@@H]1C[C@@H](O)CN1C(=O)CCCCCOC1OC(CO)C(O)C(O)C1NC(C)=O. The first kappa shape index (κ1) is 26.9. The fourth-order valence-electron chi connectivity index (χ4n) is 4.12. The molecule has 0 radical (unpaired) electrons. The van der Waals surface area contributed by atoms with Crippen LogP contribution in [0, 0.1) is 0 Å². The van der Waals surface area contributed by atoms with Crippen LogP contribution in [0.1, 0.15) is 46.0 Å². The van der Waals surface area contributed by atoms with E-state index < -0.39 is 49.3 Å². The lowest BCUT2D eigenvalue weighted by Crippen LogP contribution is -2.64. The summed E-state index contributed by atoms with van der Waals surface area (Å²) in [5, 5.41) is 42.0. The molecule has 2 amide bonds. The number of ether oxygens (including phenoxy) is 3. The predicted molar refractivity (Wildman–Crippen MR) is 112 cm³/mol. The third kappa shape index (κ3) is 7.62. The van der Waals surface area contributed by atoms with Gasteiger partial charge in [0.25, 0.3) is 0 Å². The molecule has 5 N–H and O–H groups in total. The molecule has 186 valence electrons. The van der Waals surface area contributed by atoms with Gasteiger partial charge in [-0.05, 0) is 26.2 Å². The van der Waals surface area contributed by atoms with Crippen LogP contribution in [0.25, 0.3) is 0 Å². The summed E-state index contributed by atoms with van der Waals surface area (Å²) < 4.78 is 16.6. The van der Waals surface area contributed by atoms with Crippen molar-refractivity contribution in [3.63, 3.8) is 0 Å². The summed E-state index contributed by atoms with van der Waals surface area (Å²) in [7, 11) is 0. The summed E-state index contributed by atoms with van der Waals surface area (Å²) in [6.07, 6.45) is -2.35. The number of amides is 2. The van der Waals surface area contributed by atoms with Crippen molar-refractivity contribution in [3.05, 3.63) is 0 Å². The molecule has 0 bridgehead atoms. The van der Waals surface area contributed by atoms with Crippen molar-refractivity contribution in [2.24, 2.45) is 0 Å². The maximum atomic E-state index is 12.5. The zero-order valence-corrected chi connectivity index (χ0v) is 18.9. The minimum Gasteiger partial charge on any atom is -0.394 e. The Balaban J connectivity index is 1.72. The van der Waals surface area contributed by atoms with Gasteiger partial charge in [0.15, 0.2) is 6.29 Å². The van der Waals surface area contributed by atoms with Crippen LogP contribution in [-0.2, 0) is 23.8 Å². The number of likely N-dealkylation sites (tertiary alicyclic amines) is 1. The third-order valence-electron chi connectivity index (χ3n) is 5.79. The highest BCUT2D eigenvalue weighted by molar-refractivity contribution is 5.77. The molecular formula is C21H38N2O9. The lowest BCUT2D eigenvalue weighted by molar-refractivity contribution is -0.270. The molecule has 0 aromatic heterocycles. The zero-order chi connectivity index (χ0) is 23.7. The van der Waals surface area contributed by atoms with Crippen LogP contribution in [0.4, 0.5) is 0 Å². The summed E-state index contributed by atoms with van der Waals surface area (Å²) in [5.41, 5.74) is 0. The first-order valence-corrected chi connectivity index (χ1v) is 11.3. The van der Waals surface area contributed by atoms with Crippen LogP contribution in [0.3, 0.4) is 0 Å². The second-order valence-electron chi connectivity index (χ2n) is 8.36. The lowest BCUT2D eigenvalue weighted by atomic mass is 9.97. The number of hydrogen-bond donors (Lipinski definition) is 5. The average Bonchev–Trinajstić information content (AvgIpc) is 3.13. The number of aliphatic hydroxyl groups is 4. The van der Waals surface area contributed by atoms with E-state index in [0.717, 1.165) is 0 Å². The lowest BCUT2D eigenvalue weighted by Gasteiger charge is -2.42. The highest BCUT2D eigenvalue weighted by atomic mass is 16.7. The van der Waals surface area contributed by atoms with Gasteiger partial charge < -0.3 is 44.9 Å². The van der Waals surface area contributed by atoms with Gasteiger partial charge in [0.1, 0.15) is 24.4 Å². The van der Waals surface area contributed by atoms with Crippen molar-refractivity contribution >= 4 is 11.8 Å². The van der Waals surface area contributed by atoms with Crippen molar-refractivity contribution in [1.82, 2.24) is 10.2 Å². The standard InChI is InChI=1S/C21H38N2O9/c1-3-30-12-14-9-15(26)10-23(14)17(27)7-5-4-6-8-31-21-18(22-13(2)25)20(29)19(28)16(11-24)32-21/h14-16,18-21,24,26,28-29H,3-12H2,1-2H3,(H,22,25)/t14-,15+,16?,18?,19?,20?,21?/m0/s1. The van der Waals surface area contributed by atoms with Gasteiger partial charge in [-0.1, -0.05) is 6.42 Å². The molecule has 0 aliphatic carbocycles. The number of β-amino-alcohol motifs (C(OH)–C–C–N with tert-alkyl or cyclic N) is 1. The summed E-state index contributed by atoms with van der Waals surface area (Å²) in [5.74, 6) is -0.412. The molecule has 11 heteroatoms. The molecule has 11 nitrogen and oxygen atoms in total. The molecule has 2 saturated heterocycles. The number of nitrogens with zero attached hydrogens (tertiary/aromatic N) is 1. The van der Waals surface area contributed by atoms with E-state index in [1.807, 2.05) is 6.92 Å². The van der Waals surface area contributed by atoms with Crippen molar-refractivity contribution < 1.29 is 44.2 Å². The normalized spacial score (nSPS) is 32.8.